The summed E-state index contributed by atoms with van der Waals surface area (Å²) in [5.74, 6) is 1.53. The van der Waals surface area contributed by atoms with Crippen LogP contribution < -0.4 is 5.32 Å². The molecule has 0 aliphatic heterocycles. The molecule has 1 aromatic carbocycles. The molecule has 0 spiro atoms. The minimum atomic E-state index is -0.746. The number of nitrogens with zero attached hydrogens (tertiary/aromatic N) is 2. The predicted octanol–water partition coefficient (Wildman–Crippen LogP) is 2.96. The number of imidazole rings is 1. The molecule has 0 fully saturated rings. The number of rotatable bonds is 6. The molecule has 0 saturated carbocycles. The van der Waals surface area contributed by atoms with Crippen molar-refractivity contribution in [2.45, 2.75) is 19.4 Å². The number of nitrogens with one attached hydrogen (secondary N) is 1. The summed E-state index contributed by atoms with van der Waals surface area (Å²) in [5.41, 5.74) is 1.02. The van der Waals surface area contributed by atoms with E-state index in [0.717, 1.165) is 18.1 Å². The zero-order chi connectivity index (χ0) is 13.7. The standard InChI is InChI=1S/C14H19N3OS/c1-12(8-11-19(2)18)17-10-9-15-14(17)16-13-6-4-3-5-7-13/h3-7,9-10,12H,8,11H2,1-2H3,(H,15,16). The molecule has 0 saturated heterocycles. The molecule has 1 N–H and O–H groups in total. The van der Waals surface area contributed by atoms with E-state index in [4.69, 9.17) is 0 Å². The molecule has 2 aromatic rings. The molecular formula is C14H19N3OS. The van der Waals surface area contributed by atoms with Crippen molar-refractivity contribution in [1.82, 2.24) is 9.55 Å². The van der Waals surface area contributed by atoms with Crippen LogP contribution in [0.15, 0.2) is 42.7 Å². The van der Waals surface area contributed by atoms with Crippen molar-refractivity contribution in [2.75, 3.05) is 17.3 Å². The van der Waals surface area contributed by atoms with Gasteiger partial charge in [-0.05, 0) is 25.5 Å². The highest BCUT2D eigenvalue weighted by atomic mass is 32.2. The van der Waals surface area contributed by atoms with E-state index >= 15 is 0 Å². The van der Waals surface area contributed by atoms with Gasteiger partial charge < -0.3 is 9.88 Å². The van der Waals surface area contributed by atoms with Gasteiger partial charge in [-0.3, -0.25) is 4.21 Å². The van der Waals surface area contributed by atoms with Crippen LogP contribution in [0.5, 0.6) is 0 Å². The molecule has 2 rings (SSSR count). The number of hydrogen-bond donors (Lipinski definition) is 1. The molecule has 1 heterocycles. The van der Waals surface area contributed by atoms with Crippen LogP contribution in [0.2, 0.25) is 0 Å². The van der Waals surface area contributed by atoms with Gasteiger partial charge in [-0.25, -0.2) is 4.98 Å². The van der Waals surface area contributed by atoms with Gasteiger partial charge >= 0.3 is 0 Å². The lowest BCUT2D eigenvalue weighted by Gasteiger charge is -2.16. The predicted molar refractivity (Wildman–Crippen MR) is 80.2 cm³/mol. The Morgan fingerprint density at radius 1 is 1.37 bits per heavy atom. The quantitative estimate of drug-likeness (QED) is 0.883. The van der Waals surface area contributed by atoms with E-state index < -0.39 is 10.8 Å². The maximum absolute atomic E-state index is 11.2. The Bertz CT molecular complexity index is 539. The van der Waals surface area contributed by atoms with Gasteiger partial charge in [0.15, 0.2) is 0 Å². The topological polar surface area (TPSA) is 46.9 Å². The van der Waals surface area contributed by atoms with Gasteiger partial charge in [-0.2, -0.15) is 0 Å². The fraction of sp³-hybridized carbons (Fsp3) is 0.357. The molecule has 2 unspecified atom stereocenters. The minimum Gasteiger partial charge on any atom is -0.326 e. The third-order valence-electron chi connectivity index (χ3n) is 3.00. The SMILES string of the molecule is CC(CCS(C)=O)n1ccnc1Nc1ccccc1. The van der Waals surface area contributed by atoms with Gasteiger partial charge in [0, 0.05) is 46.9 Å². The maximum atomic E-state index is 11.2. The lowest BCUT2D eigenvalue weighted by Crippen LogP contribution is -2.11. The van der Waals surface area contributed by atoms with E-state index in [1.807, 2.05) is 36.5 Å². The first-order valence-electron chi connectivity index (χ1n) is 6.32. The van der Waals surface area contributed by atoms with Gasteiger partial charge in [0.25, 0.3) is 0 Å². The molecule has 1 aromatic heterocycles. The number of anilines is 2. The fourth-order valence-electron chi connectivity index (χ4n) is 1.89. The summed E-state index contributed by atoms with van der Waals surface area (Å²) >= 11 is 0. The first-order valence-corrected chi connectivity index (χ1v) is 8.04. The summed E-state index contributed by atoms with van der Waals surface area (Å²) in [6.07, 6.45) is 6.35. The van der Waals surface area contributed by atoms with Crippen LogP contribution in [-0.4, -0.2) is 25.8 Å². The fourth-order valence-corrected chi connectivity index (χ4v) is 2.56. The maximum Gasteiger partial charge on any atom is 0.207 e. The van der Waals surface area contributed by atoms with Gasteiger partial charge in [-0.1, -0.05) is 18.2 Å². The van der Waals surface area contributed by atoms with Gasteiger partial charge in [-0.15, -0.1) is 0 Å². The van der Waals surface area contributed by atoms with E-state index in [-0.39, 0.29) is 6.04 Å². The lowest BCUT2D eigenvalue weighted by molar-refractivity contribution is 0.537. The molecule has 2 atom stereocenters. The van der Waals surface area contributed by atoms with Crippen LogP contribution in [0.4, 0.5) is 11.6 Å². The molecular weight excluding hydrogens is 258 g/mol. The highest BCUT2D eigenvalue weighted by Crippen LogP contribution is 2.20. The van der Waals surface area contributed by atoms with Crippen LogP contribution in [0.3, 0.4) is 0 Å². The van der Waals surface area contributed by atoms with Crippen molar-refractivity contribution >= 4 is 22.4 Å². The molecule has 102 valence electrons. The van der Waals surface area contributed by atoms with Gasteiger partial charge in [0.05, 0.1) is 0 Å². The third-order valence-corrected chi connectivity index (χ3v) is 3.81. The monoisotopic (exact) mass is 277 g/mol. The molecule has 0 aliphatic rings. The van der Waals surface area contributed by atoms with Gasteiger partial charge in [0.1, 0.15) is 0 Å². The average Bonchev–Trinajstić information content (AvgIpc) is 2.85. The highest BCUT2D eigenvalue weighted by molar-refractivity contribution is 7.84. The molecule has 0 radical (unpaired) electrons. The molecule has 0 aliphatic carbocycles. The minimum absolute atomic E-state index is 0.276. The molecule has 19 heavy (non-hydrogen) atoms. The number of aromatic nitrogens is 2. The Labute approximate surface area is 116 Å². The lowest BCUT2D eigenvalue weighted by atomic mass is 10.2. The summed E-state index contributed by atoms with van der Waals surface area (Å²) in [4.78, 5) is 4.34. The van der Waals surface area contributed by atoms with E-state index in [0.29, 0.717) is 5.75 Å². The Morgan fingerprint density at radius 2 is 2.11 bits per heavy atom. The summed E-state index contributed by atoms with van der Waals surface area (Å²) < 4.78 is 13.2. The van der Waals surface area contributed by atoms with Crippen molar-refractivity contribution in [3.8, 4) is 0 Å². The second-order valence-electron chi connectivity index (χ2n) is 4.56. The molecule has 4 nitrogen and oxygen atoms in total. The van der Waals surface area contributed by atoms with Crippen molar-refractivity contribution in [1.29, 1.82) is 0 Å². The van der Waals surface area contributed by atoms with Crippen molar-refractivity contribution in [3.05, 3.63) is 42.7 Å². The second kappa shape index (κ2) is 6.52. The average molecular weight is 277 g/mol. The Balaban J connectivity index is 2.07. The van der Waals surface area contributed by atoms with Crippen LogP contribution in [-0.2, 0) is 10.8 Å². The van der Waals surface area contributed by atoms with Crippen molar-refractivity contribution < 1.29 is 4.21 Å². The Morgan fingerprint density at radius 3 is 2.79 bits per heavy atom. The normalized spacial score (nSPS) is 14.0. The number of hydrogen-bond acceptors (Lipinski definition) is 3. The van der Waals surface area contributed by atoms with E-state index in [1.165, 1.54) is 0 Å². The molecule has 0 bridgehead atoms. The first-order chi connectivity index (χ1) is 9.16. The third kappa shape index (κ3) is 3.92. The largest absolute Gasteiger partial charge is 0.326 e. The molecule has 0 amide bonds. The Hall–Kier alpha value is -1.62. The second-order valence-corrected chi connectivity index (χ2v) is 6.12. The zero-order valence-corrected chi connectivity index (χ0v) is 12.1. The van der Waals surface area contributed by atoms with Crippen LogP contribution >= 0.6 is 0 Å². The summed E-state index contributed by atoms with van der Waals surface area (Å²) in [7, 11) is -0.746. The number of para-hydroxylation sites is 1. The van der Waals surface area contributed by atoms with E-state index in [2.05, 4.69) is 21.8 Å². The summed E-state index contributed by atoms with van der Waals surface area (Å²) in [5, 5.41) is 3.30. The van der Waals surface area contributed by atoms with E-state index in [9.17, 15) is 4.21 Å². The highest BCUT2D eigenvalue weighted by Gasteiger charge is 2.10. The molecule has 5 heteroatoms. The Kier molecular flexibility index (Phi) is 4.74. The smallest absolute Gasteiger partial charge is 0.207 e. The van der Waals surface area contributed by atoms with Crippen LogP contribution in [0, 0.1) is 0 Å². The van der Waals surface area contributed by atoms with Crippen LogP contribution in [0.1, 0.15) is 19.4 Å². The van der Waals surface area contributed by atoms with E-state index in [1.54, 1.807) is 12.5 Å². The van der Waals surface area contributed by atoms with Crippen molar-refractivity contribution in [2.24, 2.45) is 0 Å². The van der Waals surface area contributed by atoms with Gasteiger partial charge in [0.2, 0.25) is 5.95 Å². The first kappa shape index (κ1) is 13.8. The zero-order valence-electron chi connectivity index (χ0n) is 11.2. The van der Waals surface area contributed by atoms with Crippen molar-refractivity contribution in [3.63, 3.8) is 0 Å². The summed E-state index contributed by atoms with van der Waals surface area (Å²) in [6, 6.07) is 10.2. The van der Waals surface area contributed by atoms with Crippen LogP contribution in [0.25, 0.3) is 0 Å². The summed E-state index contributed by atoms with van der Waals surface area (Å²) in [6.45, 7) is 2.12. The number of benzene rings is 1.